The topological polar surface area (TPSA) is 63.8 Å². The average Bonchev–Trinajstić information content (AvgIpc) is 2.84. The van der Waals surface area contributed by atoms with Crippen molar-refractivity contribution in [1.82, 2.24) is 9.97 Å². The van der Waals surface area contributed by atoms with E-state index in [0.717, 1.165) is 22.6 Å². The first-order valence-corrected chi connectivity index (χ1v) is 6.90. The lowest BCUT2D eigenvalue weighted by molar-refractivity contribution is 1.11. The SMILES string of the molecule is Cc1cccc(CNc2nc(N)nc3sccc23)c1. The number of aryl methyl sites for hydroxylation is 1. The Balaban J connectivity index is 1.87. The quantitative estimate of drug-likeness (QED) is 0.767. The highest BCUT2D eigenvalue weighted by atomic mass is 32.1. The molecule has 3 aromatic rings. The molecule has 1 aromatic carbocycles. The summed E-state index contributed by atoms with van der Waals surface area (Å²) in [5.41, 5.74) is 8.20. The van der Waals surface area contributed by atoms with Crippen molar-refractivity contribution < 1.29 is 0 Å². The number of nitrogens with zero attached hydrogens (tertiary/aromatic N) is 2. The van der Waals surface area contributed by atoms with Crippen LogP contribution in [0.1, 0.15) is 11.1 Å². The van der Waals surface area contributed by atoms with E-state index in [4.69, 9.17) is 5.73 Å². The van der Waals surface area contributed by atoms with Crippen molar-refractivity contribution in [2.45, 2.75) is 13.5 Å². The molecule has 0 saturated carbocycles. The van der Waals surface area contributed by atoms with Gasteiger partial charge in [0.05, 0.1) is 5.39 Å². The monoisotopic (exact) mass is 270 g/mol. The number of nitrogens with one attached hydrogen (secondary N) is 1. The van der Waals surface area contributed by atoms with Crippen molar-refractivity contribution in [3.63, 3.8) is 0 Å². The summed E-state index contributed by atoms with van der Waals surface area (Å²) < 4.78 is 0. The van der Waals surface area contributed by atoms with Crippen molar-refractivity contribution in [2.75, 3.05) is 11.1 Å². The summed E-state index contributed by atoms with van der Waals surface area (Å²) in [6.45, 7) is 2.81. The van der Waals surface area contributed by atoms with Crippen molar-refractivity contribution in [3.05, 3.63) is 46.8 Å². The second-order valence-corrected chi connectivity index (χ2v) is 5.31. The third kappa shape index (κ3) is 2.51. The number of aromatic nitrogens is 2. The Morgan fingerprint density at radius 1 is 1.26 bits per heavy atom. The fourth-order valence-corrected chi connectivity index (χ4v) is 2.79. The molecule has 96 valence electrons. The molecule has 0 aliphatic carbocycles. The minimum Gasteiger partial charge on any atom is -0.368 e. The van der Waals surface area contributed by atoms with Crippen LogP contribution in [-0.4, -0.2) is 9.97 Å². The molecule has 3 N–H and O–H groups in total. The molecule has 0 unspecified atom stereocenters. The number of nitrogens with two attached hydrogens (primary N) is 1. The molecule has 0 amide bonds. The molecule has 0 aliphatic rings. The fraction of sp³-hybridized carbons (Fsp3) is 0.143. The first-order chi connectivity index (χ1) is 9.22. The summed E-state index contributed by atoms with van der Waals surface area (Å²) in [5.74, 6) is 1.10. The third-order valence-corrected chi connectivity index (χ3v) is 3.69. The normalized spacial score (nSPS) is 10.8. The van der Waals surface area contributed by atoms with Crippen molar-refractivity contribution in [1.29, 1.82) is 0 Å². The Morgan fingerprint density at radius 3 is 3.00 bits per heavy atom. The Labute approximate surface area is 115 Å². The van der Waals surface area contributed by atoms with Crippen LogP contribution in [0.25, 0.3) is 10.2 Å². The van der Waals surface area contributed by atoms with Gasteiger partial charge in [0, 0.05) is 6.54 Å². The van der Waals surface area contributed by atoms with Crippen LogP contribution in [0.15, 0.2) is 35.7 Å². The molecule has 0 atom stereocenters. The largest absolute Gasteiger partial charge is 0.368 e. The summed E-state index contributed by atoms with van der Waals surface area (Å²) in [4.78, 5) is 9.40. The zero-order valence-corrected chi connectivity index (χ0v) is 11.4. The molecule has 0 fully saturated rings. The second kappa shape index (κ2) is 4.85. The van der Waals surface area contributed by atoms with Crippen LogP contribution in [0.3, 0.4) is 0 Å². The van der Waals surface area contributed by atoms with Crippen LogP contribution in [0.2, 0.25) is 0 Å². The van der Waals surface area contributed by atoms with E-state index in [0.29, 0.717) is 5.95 Å². The standard InChI is InChI=1S/C14H14N4S/c1-9-3-2-4-10(7-9)8-16-12-11-5-6-19-13(11)18-14(15)17-12/h2-7H,8H2,1H3,(H3,15,16,17,18). The van der Waals surface area contributed by atoms with Crippen LogP contribution in [0, 0.1) is 6.92 Å². The Morgan fingerprint density at radius 2 is 2.16 bits per heavy atom. The average molecular weight is 270 g/mol. The van der Waals surface area contributed by atoms with Gasteiger partial charge in [-0.15, -0.1) is 11.3 Å². The van der Waals surface area contributed by atoms with Crippen molar-refractivity contribution in [3.8, 4) is 0 Å². The summed E-state index contributed by atoms with van der Waals surface area (Å²) in [6.07, 6.45) is 0. The minimum atomic E-state index is 0.307. The number of anilines is 2. The van der Waals surface area contributed by atoms with Gasteiger partial charge in [0.2, 0.25) is 5.95 Å². The lowest BCUT2D eigenvalue weighted by Crippen LogP contribution is -2.04. The van der Waals surface area contributed by atoms with E-state index in [-0.39, 0.29) is 0 Å². The smallest absolute Gasteiger partial charge is 0.223 e. The molecule has 0 bridgehead atoms. The zero-order chi connectivity index (χ0) is 13.2. The Kier molecular flexibility index (Phi) is 3.05. The molecule has 0 saturated heterocycles. The first-order valence-electron chi connectivity index (χ1n) is 6.02. The number of thiophene rings is 1. The Bertz CT molecular complexity index is 720. The Hall–Kier alpha value is -2.14. The molecule has 0 spiro atoms. The molecule has 19 heavy (non-hydrogen) atoms. The number of rotatable bonds is 3. The molecule has 2 aromatic heterocycles. The molecule has 4 nitrogen and oxygen atoms in total. The van der Waals surface area contributed by atoms with E-state index in [1.165, 1.54) is 11.1 Å². The molecule has 5 heteroatoms. The van der Waals surface area contributed by atoms with Crippen LogP contribution in [0.4, 0.5) is 11.8 Å². The summed E-state index contributed by atoms with van der Waals surface area (Å²) in [5, 5.41) is 6.35. The minimum absolute atomic E-state index is 0.307. The van der Waals surface area contributed by atoms with Crippen LogP contribution in [-0.2, 0) is 6.54 Å². The van der Waals surface area contributed by atoms with Gasteiger partial charge in [0.25, 0.3) is 0 Å². The van der Waals surface area contributed by atoms with E-state index < -0.39 is 0 Å². The fourth-order valence-electron chi connectivity index (χ4n) is 2.01. The highest BCUT2D eigenvalue weighted by Crippen LogP contribution is 2.26. The zero-order valence-electron chi connectivity index (χ0n) is 10.6. The number of hydrogen-bond acceptors (Lipinski definition) is 5. The number of hydrogen-bond donors (Lipinski definition) is 2. The van der Waals surface area contributed by atoms with Gasteiger partial charge >= 0.3 is 0 Å². The predicted octanol–water partition coefficient (Wildman–Crippen LogP) is 3.19. The molecule has 0 aliphatic heterocycles. The van der Waals surface area contributed by atoms with Gasteiger partial charge in [-0.3, -0.25) is 0 Å². The first kappa shape index (κ1) is 11.9. The maximum atomic E-state index is 5.72. The van der Waals surface area contributed by atoms with Gasteiger partial charge in [-0.2, -0.15) is 4.98 Å². The lowest BCUT2D eigenvalue weighted by atomic mass is 10.1. The van der Waals surface area contributed by atoms with Gasteiger partial charge in [-0.25, -0.2) is 4.98 Å². The molecule has 3 rings (SSSR count). The molecule has 0 radical (unpaired) electrons. The third-order valence-electron chi connectivity index (χ3n) is 2.88. The van der Waals surface area contributed by atoms with E-state index in [9.17, 15) is 0 Å². The van der Waals surface area contributed by atoms with Crippen molar-refractivity contribution in [2.24, 2.45) is 0 Å². The molecular weight excluding hydrogens is 256 g/mol. The van der Waals surface area contributed by atoms with Crippen LogP contribution < -0.4 is 11.1 Å². The number of nitrogen functional groups attached to an aromatic ring is 1. The van der Waals surface area contributed by atoms with E-state index in [2.05, 4.69) is 46.5 Å². The van der Waals surface area contributed by atoms with Gasteiger partial charge in [0.1, 0.15) is 10.6 Å². The highest BCUT2D eigenvalue weighted by molar-refractivity contribution is 7.16. The van der Waals surface area contributed by atoms with Gasteiger partial charge < -0.3 is 11.1 Å². The summed E-state index contributed by atoms with van der Waals surface area (Å²) >= 11 is 1.57. The van der Waals surface area contributed by atoms with Gasteiger partial charge in [0.15, 0.2) is 0 Å². The van der Waals surface area contributed by atoms with E-state index in [1.807, 2.05) is 11.4 Å². The number of benzene rings is 1. The van der Waals surface area contributed by atoms with Gasteiger partial charge in [-0.1, -0.05) is 29.8 Å². The predicted molar refractivity (Wildman–Crippen MR) is 80.3 cm³/mol. The summed E-state index contributed by atoms with van der Waals surface area (Å²) in [6, 6.07) is 10.4. The van der Waals surface area contributed by atoms with E-state index in [1.54, 1.807) is 11.3 Å². The van der Waals surface area contributed by atoms with E-state index >= 15 is 0 Å². The molecular formula is C14H14N4S. The summed E-state index contributed by atoms with van der Waals surface area (Å²) in [7, 11) is 0. The second-order valence-electron chi connectivity index (χ2n) is 4.41. The number of fused-ring (bicyclic) bond motifs is 1. The maximum absolute atomic E-state index is 5.72. The van der Waals surface area contributed by atoms with Crippen LogP contribution >= 0.6 is 11.3 Å². The highest BCUT2D eigenvalue weighted by Gasteiger charge is 2.06. The van der Waals surface area contributed by atoms with Gasteiger partial charge in [-0.05, 0) is 23.9 Å². The maximum Gasteiger partial charge on any atom is 0.223 e. The lowest BCUT2D eigenvalue weighted by Gasteiger charge is -2.08. The molecule has 2 heterocycles. The van der Waals surface area contributed by atoms with Crippen LogP contribution in [0.5, 0.6) is 0 Å². The van der Waals surface area contributed by atoms with Crippen molar-refractivity contribution >= 4 is 33.3 Å².